The van der Waals surface area contributed by atoms with Gasteiger partial charge in [-0.3, -0.25) is 0 Å². The fourth-order valence-corrected chi connectivity index (χ4v) is 3.04. The van der Waals surface area contributed by atoms with E-state index in [0.29, 0.717) is 11.1 Å². The Kier molecular flexibility index (Phi) is 6.26. The van der Waals surface area contributed by atoms with E-state index < -0.39 is 20.2 Å². The summed E-state index contributed by atoms with van der Waals surface area (Å²) in [5, 5.41) is 0. The molecule has 116 valence electrons. The molecule has 0 saturated heterocycles. The van der Waals surface area contributed by atoms with Crippen molar-refractivity contribution < 1.29 is 25.4 Å². The summed E-state index contributed by atoms with van der Waals surface area (Å²) in [6.45, 7) is 5.07. The third kappa shape index (κ3) is 5.15. The Morgan fingerprint density at radius 3 is 1.80 bits per heavy atom. The van der Waals surface area contributed by atoms with E-state index in [2.05, 4.69) is 8.57 Å². The van der Waals surface area contributed by atoms with Crippen molar-refractivity contribution in [2.24, 2.45) is 0 Å². The van der Waals surface area contributed by atoms with Gasteiger partial charge in [0.1, 0.15) is 4.90 Å². The van der Waals surface area contributed by atoms with Gasteiger partial charge in [-0.2, -0.15) is 21.1 Å². The first-order chi connectivity index (χ1) is 8.53. The SMILES string of the molecule is Cc1cc(C)c(S(=O)(=O)ONOS(C)(=O)=O)c(C)c1.N. The van der Waals surface area contributed by atoms with Crippen molar-refractivity contribution in [3.05, 3.63) is 28.8 Å². The predicted molar refractivity (Wildman–Crippen MR) is 73.0 cm³/mol. The maximum atomic E-state index is 11.9. The number of hydrogen-bond donors (Lipinski definition) is 2. The first kappa shape index (κ1) is 19.0. The molecule has 10 heteroatoms. The molecule has 1 aromatic rings. The summed E-state index contributed by atoms with van der Waals surface area (Å²) in [5.74, 6) is 0. The van der Waals surface area contributed by atoms with Crippen LogP contribution in [0.4, 0.5) is 0 Å². The van der Waals surface area contributed by atoms with Crippen LogP contribution in [0.25, 0.3) is 0 Å². The molecule has 20 heavy (non-hydrogen) atoms. The fourth-order valence-electron chi connectivity index (χ4n) is 1.72. The van der Waals surface area contributed by atoms with Crippen LogP contribution in [-0.4, -0.2) is 23.1 Å². The van der Waals surface area contributed by atoms with Gasteiger partial charge < -0.3 is 6.15 Å². The maximum Gasteiger partial charge on any atom is 0.315 e. The van der Waals surface area contributed by atoms with Crippen LogP contribution >= 0.6 is 0 Å². The van der Waals surface area contributed by atoms with Crippen LogP contribution < -0.4 is 11.8 Å². The molecule has 0 saturated carbocycles. The van der Waals surface area contributed by atoms with E-state index in [9.17, 15) is 16.8 Å². The lowest BCUT2D eigenvalue weighted by molar-refractivity contribution is -0.00650. The maximum absolute atomic E-state index is 11.9. The van der Waals surface area contributed by atoms with Gasteiger partial charge in [-0.1, -0.05) is 17.7 Å². The molecule has 0 heterocycles. The average Bonchev–Trinajstić information content (AvgIpc) is 2.11. The summed E-state index contributed by atoms with van der Waals surface area (Å²) >= 11 is 0. The summed E-state index contributed by atoms with van der Waals surface area (Å²) in [6, 6.07) is 3.36. The van der Waals surface area contributed by atoms with E-state index in [1.54, 1.807) is 26.0 Å². The molecule has 0 aliphatic rings. The third-order valence-corrected chi connectivity index (χ3v) is 3.99. The molecule has 0 atom stereocenters. The number of rotatable bonds is 5. The lowest BCUT2D eigenvalue weighted by atomic mass is 10.1. The Bertz CT molecular complexity index is 659. The highest BCUT2D eigenvalue weighted by Crippen LogP contribution is 2.22. The van der Waals surface area contributed by atoms with E-state index in [4.69, 9.17) is 0 Å². The average molecular weight is 326 g/mol. The van der Waals surface area contributed by atoms with Crippen molar-refractivity contribution in [3.63, 3.8) is 0 Å². The second-order valence-corrected chi connectivity index (χ2v) is 7.19. The Labute approximate surface area is 118 Å². The van der Waals surface area contributed by atoms with Crippen LogP contribution in [-0.2, 0) is 28.8 Å². The predicted octanol–water partition coefficient (Wildman–Crippen LogP) is 0.875. The second-order valence-electron chi connectivity index (χ2n) is 4.14. The molecule has 0 aromatic heterocycles. The van der Waals surface area contributed by atoms with Crippen molar-refractivity contribution in [2.75, 3.05) is 6.26 Å². The van der Waals surface area contributed by atoms with Gasteiger partial charge in [0.2, 0.25) is 0 Å². The highest BCUT2D eigenvalue weighted by Gasteiger charge is 2.22. The molecule has 0 aliphatic heterocycles. The normalized spacial score (nSPS) is 12.0. The molecule has 0 radical (unpaired) electrons. The van der Waals surface area contributed by atoms with Gasteiger partial charge in [0, 0.05) is 0 Å². The number of nitrogens with one attached hydrogen (secondary N) is 1. The molecule has 1 rings (SSSR count). The molecule has 0 amide bonds. The summed E-state index contributed by atoms with van der Waals surface area (Å²) < 4.78 is 53.5. The third-order valence-electron chi connectivity index (χ3n) is 2.18. The summed E-state index contributed by atoms with van der Waals surface area (Å²) in [5.41, 5.74) is 3.37. The van der Waals surface area contributed by atoms with Crippen LogP contribution in [0.3, 0.4) is 0 Å². The van der Waals surface area contributed by atoms with Crippen LogP contribution in [0.5, 0.6) is 0 Å². The number of aryl methyl sites for hydroxylation is 3. The Hall–Kier alpha value is -1.04. The molecule has 4 N–H and O–H groups in total. The van der Waals surface area contributed by atoms with Crippen molar-refractivity contribution in [3.8, 4) is 0 Å². The zero-order chi connectivity index (χ0) is 14.8. The largest absolute Gasteiger partial charge is 0.344 e. The second kappa shape index (κ2) is 6.61. The van der Waals surface area contributed by atoms with E-state index >= 15 is 0 Å². The van der Waals surface area contributed by atoms with Crippen LogP contribution in [0.15, 0.2) is 17.0 Å². The summed E-state index contributed by atoms with van der Waals surface area (Å²) in [7, 11) is -8.02. The first-order valence-corrected chi connectivity index (χ1v) is 8.40. The fraction of sp³-hybridized carbons (Fsp3) is 0.400. The van der Waals surface area contributed by atoms with Crippen molar-refractivity contribution >= 4 is 20.2 Å². The molecule has 0 bridgehead atoms. The van der Waals surface area contributed by atoms with Gasteiger partial charge in [-0.05, 0) is 37.5 Å². The van der Waals surface area contributed by atoms with E-state index in [-0.39, 0.29) is 11.0 Å². The van der Waals surface area contributed by atoms with Crippen molar-refractivity contribution in [1.82, 2.24) is 11.8 Å². The van der Waals surface area contributed by atoms with E-state index in [1.807, 2.05) is 6.92 Å². The minimum Gasteiger partial charge on any atom is -0.344 e. The molecule has 0 aliphatic carbocycles. The first-order valence-electron chi connectivity index (χ1n) is 5.18. The lowest BCUT2D eigenvalue weighted by Crippen LogP contribution is -2.24. The van der Waals surface area contributed by atoms with Crippen LogP contribution in [0.1, 0.15) is 16.7 Å². The Morgan fingerprint density at radius 2 is 1.40 bits per heavy atom. The number of benzene rings is 1. The zero-order valence-corrected chi connectivity index (χ0v) is 13.3. The highest BCUT2D eigenvalue weighted by molar-refractivity contribution is 7.87. The quantitative estimate of drug-likeness (QED) is 0.761. The topological polar surface area (TPSA) is 134 Å². The Morgan fingerprint density at radius 1 is 0.950 bits per heavy atom. The minimum atomic E-state index is -4.16. The minimum absolute atomic E-state index is 0. The van der Waals surface area contributed by atoms with Gasteiger partial charge in [-0.25, -0.2) is 0 Å². The van der Waals surface area contributed by atoms with E-state index in [0.717, 1.165) is 11.8 Å². The van der Waals surface area contributed by atoms with Gasteiger partial charge in [-0.15, -0.1) is 4.28 Å². The number of hydrogen-bond acceptors (Lipinski definition) is 8. The van der Waals surface area contributed by atoms with Crippen LogP contribution in [0, 0.1) is 20.8 Å². The summed E-state index contributed by atoms with van der Waals surface area (Å²) in [4.78, 5) is -0.0253. The van der Waals surface area contributed by atoms with Gasteiger partial charge in [0.15, 0.2) is 0 Å². The van der Waals surface area contributed by atoms with E-state index in [1.165, 1.54) is 5.64 Å². The summed E-state index contributed by atoms with van der Waals surface area (Å²) in [6.07, 6.45) is 0.748. The monoisotopic (exact) mass is 326 g/mol. The molecular formula is C10H18N2O6S2. The molecule has 0 fully saturated rings. The van der Waals surface area contributed by atoms with Crippen molar-refractivity contribution in [2.45, 2.75) is 25.7 Å². The highest BCUT2D eigenvalue weighted by atomic mass is 32.2. The molecule has 0 unspecified atom stereocenters. The lowest BCUT2D eigenvalue weighted by Gasteiger charge is -2.11. The van der Waals surface area contributed by atoms with Gasteiger partial charge >= 0.3 is 10.1 Å². The standard InChI is InChI=1S/C10H15NO6S2.H3N/c1-7-5-8(2)10(9(3)6-7)19(14,15)17-11-16-18(4,12)13;/h5-6,11H,1-4H3;1H3. The smallest absolute Gasteiger partial charge is 0.315 e. The zero-order valence-electron chi connectivity index (χ0n) is 11.6. The molecular weight excluding hydrogens is 308 g/mol. The van der Waals surface area contributed by atoms with Crippen LogP contribution in [0.2, 0.25) is 0 Å². The molecule has 0 spiro atoms. The molecule has 8 nitrogen and oxygen atoms in total. The van der Waals surface area contributed by atoms with Gasteiger partial charge in [0.05, 0.1) is 6.26 Å². The van der Waals surface area contributed by atoms with Crippen molar-refractivity contribution in [1.29, 1.82) is 0 Å². The Balaban J connectivity index is 0.00000361. The van der Waals surface area contributed by atoms with Gasteiger partial charge in [0.25, 0.3) is 10.1 Å². The molecule has 1 aromatic carbocycles.